The Labute approximate surface area is 69.6 Å². The number of nitrogens with one attached hydrogen (secondary N) is 1. The van der Waals surface area contributed by atoms with Crippen LogP contribution in [0, 0.1) is 5.41 Å². The average molecular weight is 153 g/mol. The van der Waals surface area contributed by atoms with E-state index in [4.69, 9.17) is 0 Å². The molecule has 1 unspecified atom stereocenters. The topological polar surface area (TPSA) is 12.0 Å². The van der Waals surface area contributed by atoms with Crippen LogP contribution >= 0.6 is 0 Å². The van der Waals surface area contributed by atoms with Crippen LogP contribution in [0.25, 0.3) is 0 Å². The first-order chi connectivity index (χ1) is 5.21. The molecular weight excluding hydrogens is 134 g/mol. The van der Waals surface area contributed by atoms with Gasteiger partial charge in [0.2, 0.25) is 0 Å². The fraction of sp³-hybridized carbons (Fsp3) is 1.00. The lowest BCUT2D eigenvalue weighted by atomic mass is 9.90. The van der Waals surface area contributed by atoms with Crippen molar-refractivity contribution in [2.45, 2.75) is 58.0 Å². The van der Waals surface area contributed by atoms with Gasteiger partial charge in [0.25, 0.3) is 0 Å². The normalized spacial score (nSPS) is 31.1. The highest BCUT2D eigenvalue weighted by Crippen LogP contribution is 2.48. The highest BCUT2D eigenvalue weighted by Gasteiger charge is 2.43. The van der Waals surface area contributed by atoms with E-state index >= 15 is 0 Å². The molecule has 0 heterocycles. The predicted octanol–water partition coefficient (Wildman–Crippen LogP) is 2.32. The van der Waals surface area contributed by atoms with Gasteiger partial charge in [0, 0.05) is 12.1 Å². The van der Waals surface area contributed by atoms with E-state index in [2.05, 4.69) is 19.2 Å². The van der Waals surface area contributed by atoms with E-state index in [1.807, 2.05) is 0 Å². The van der Waals surface area contributed by atoms with E-state index in [1.165, 1.54) is 32.1 Å². The molecule has 0 aromatic rings. The summed E-state index contributed by atoms with van der Waals surface area (Å²) in [6, 6.07) is 1.62. The third kappa shape index (κ3) is 1.44. The molecule has 1 N–H and O–H groups in total. The minimum atomic E-state index is 0.662. The summed E-state index contributed by atoms with van der Waals surface area (Å²) in [4.78, 5) is 0. The van der Waals surface area contributed by atoms with Gasteiger partial charge in [0.05, 0.1) is 0 Å². The molecule has 0 amide bonds. The second kappa shape index (κ2) is 2.48. The van der Waals surface area contributed by atoms with Crippen LogP contribution in [0.4, 0.5) is 0 Å². The van der Waals surface area contributed by atoms with Gasteiger partial charge in [0.15, 0.2) is 0 Å². The summed E-state index contributed by atoms with van der Waals surface area (Å²) in [5, 5.41) is 3.72. The third-order valence-corrected chi connectivity index (χ3v) is 3.67. The van der Waals surface area contributed by atoms with E-state index in [-0.39, 0.29) is 0 Å². The number of hydrogen-bond donors (Lipinski definition) is 1. The van der Waals surface area contributed by atoms with Crippen molar-refractivity contribution in [3.8, 4) is 0 Å². The van der Waals surface area contributed by atoms with Crippen molar-refractivity contribution >= 4 is 0 Å². The van der Waals surface area contributed by atoms with Crippen LogP contribution in [0.1, 0.15) is 46.0 Å². The first-order valence-corrected chi connectivity index (χ1v) is 4.97. The van der Waals surface area contributed by atoms with Gasteiger partial charge in [-0.3, -0.25) is 0 Å². The van der Waals surface area contributed by atoms with Gasteiger partial charge in [-0.05, 0) is 38.0 Å². The molecule has 2 fully saturated rings. The fourth-order valence-electron chi connectivity index (χ4n) is 1.76. The first-order valence-electron chi connectivity index (χ1n) is 4.97. The second-order valence-electron chi connectivity index (χ2n) is 4.67. The Bertz CT molecular complexity index is 145. The highest BCUT2D eigenvalue weighted by molar-refractivity contribution is 4.98. The van der Waals surface area contributed by atoms with Crippen LogP contribution in [0.3, 0.4) is 0 Å². The molecule has 0 bridgehead atoms. The molecule has 1 heteroatoms. The quantitative estimate of drug-likeness (QED) is 0.656. The SMILES string of the molecule is CC(NC1CCC1)C1(C)CC1. The van der Waals surface area contributed by atoms with Gasteiger partial charge >= 0.3 is 0 Å². The Morgan fingerprint density at radius 3 is 2.36 bits per heavy atom. The molecule has 0 aliphatic heterocycles. The molecule has 2 aliphatic carbocycles. The number of rotatable bonds is 3. The van der Waals surface area contributed by atoms with Gasteiger partial charge in [-0.2, -0.15) is 0 Å². The second-order valence-corrected chi connectivity index (χ2v) is 4.67. The van der Waals surface area contributed by atoms with Crippen molar-refractivity contribution in [3.63, 3.8) is 0 Å². The Morgan fingerprint density at radius 2 is 2.00 bits per heavy atom. The van der Waals surface area contributed by atoms with Crippen LogP contribution in [0.2, 0.25) is 0 Å². The molecule has 0 spiro atoms. The molecule has 0 aromatic heterocycles. The molecule has 2 aliphatic rings. The monoisotopic (exact) mass is 153 g/mol. The summed E-state index contributed by atoms with van der Waals surface area (Å²) >= 11 is 0. The summed E-state index contributed by atoms with van der Waals surface area (Å²) in [7, 11) is 0. The minimum Gasteiger partial charge on any atom is -0.311 e. The largest absolute Gasteiger partial charge is 0.311 e. The molecule has 1 atom stereocenters. The van der Waals surface area contributed by atoms with Crippen LogP contribution in [0.5, 0.6) is 0 Å². The lowest BCUT2D eigenvalue weighted by molar-refractivity contribution is 0.264. The Morgan fingerprint density at radius 1 is 1.36 bits per heavy atom. The molecule has 0 aromatic carbocycles. The summed E-state index contributed by atoms with van der Waals surface area (Å²) < 4.78 is 0. The molecule has 1 nitrogen and oxygen atoms in total. The molecule has 64 valence electrons. The molecule has 11 heavy (non-hydrogen) atoms. The van der Waals surface area contributed by atoms with Crippen LogP contribution in [-0.4, -0.2) is 12.1 Å². The van der Waals surface area contributed by atoms with Crippen molar-refractivity contribution in [1.82, 2.24) is 5.32 Å². The minimum absolute atomic E-state index is 0.662. The van der Waals surface area contributed by atoms with E-state index in [9.17, 15) is 0 Å². The smallest absolute Gasteiger partial charge is 0.00951 e. The summed E-state index contributed by atoms with van der Waals surface area (Å²) in [6.07, 6.45) is 7.16. The Kier molecular flexibility index (Phi) is 1.71. The lowest BCUT2D eigenvalue weighted by Gasteiger charge is -2.32. The summed E-state index contributed by atoms with van der Waals surface area (Å²) in [5.41, 5.74) is 0.662. The Balaban J connectivity index is 1.76. The summed E-state index contributed by atoms with van der Waals surface area (Å²) in [6.45, 7) is 4.76. The van der Waals surface area contributed by atoms with Gasteiger partial charge in [0.1, 0.15) is 0 Å². The fourth-order valence-corrected chi connectivity index (χ4v) is 1.76. The maximum absolute atomic E-state index is 3.72. The van der Waals surface area contributed by atoms with Gasteiger partial charge < -0.3 is 5.32 Å². The van der Waals surface area contributed by atoms with Crippen LogP contribution in [-0.2, 0) is 0 Å². The summed E-state index contributed by atoms with van der Waals surface area (Å²) in [5.74, 6) is 0. The maximum atomic E-state index is 3.72. The molecular formula is C10H19N. The van der Waals surface area contributed by atoms with Crippen LogP contribution in [0.15, 0.2) is 0 Å². The van der Waals surface area contributed by atoms with Crippen molar-refractivity contribution < 1.29 is 0 Å². The molecule has 2 rings (SSSR count). The highest BCUT2D eigenvalue weighted by atomic mass is 15.0. The third-order valence-electron chi connectivity index (χ3n) is 3.67. The molecule has 2 saturated carbocycles. The standard InChI is InChI=1S/C10H19N/c1-8(10(2)6-7-10)11-9-4-3-5-9/h8-9,11H,3-7H2,1-2H3. The Hall–Kier alpha value is -0.0400. The van der Waals surface area contributed by atoms with Crippen molar-refractivity contribution in [3.05, 3.63) is 0 Å². The zero-order chi connectivity index (χ0) is 7.90. The van der Waals surface area contributed by atoms with Crippen molar-refractivity contribution in [2.75, 3.05) is 0 Å². The average Bonchev–Trinajstić information content (AvgIpc) is 2.59. The van der Waals surface area contributed by atoms with E-state index in [1.54, 1.807) is 0 Å². The van der Waals surface area contributed by atoms with Gasteiger partial charge in [-0.1, -0.05) is 13.3 Å². The van der Waals surface area contributed by atoms with E-state index in [0.717, 1.165) is 12.1 Å². The number of hydrogen-bond acceptors (Lipinski definition) is 1. The lowest BCUT2D eigenvalue weighted by Crippen LogP contribution is -2.44. The molecule has 0 radical (unpaired) electrons. The first kappa shape index (κ1) is 7.60. The molecule has 0 saturated heterocycles. The van der Waals surface area contributed by atoms with Crippen molar-refractivity contribution in [1.29, 1.82) is 0 Å². The van der Waals surface area contributed by atoms with Crippen LogP contribution < -0.4 is 5.32 Å². The van der Waals surface area contributed by atoms with E-state index < -0.39 is 0 Å². The van der Waals surface area contributed by atoms with Gasteiger partial charge in [-0.15, -0.1) is 0 Å². The van der Waals surface area contributed by atoms with E-state index in [0.29, 0.717) is 5.41 Å². The zero-order valence-corrected chi connectivity index (χ0v) is 7.69. The predicted molar refractivity (Wildman–Crippen MR) is 47.6 cm³/mol. The maximum Gasteiger partial charge on any atom is 0.00951 e. The zero-order valence-electron chi connectivity index (χ0n) is 7.69. The van der Waals surface area contributed by atoms with Crippen molar-refractivity contribution in [2.24, 2.45) is 5.41 Å². The van der Waals surface area contributed by atoms with Gasteiger partial charge in [-0.25, -0.2) is 0 Å².